The SMILES string of the molecule is CCCC[CH2][GaH][CH2]CN(CCC)CCC. The van der Waals surface area contributed by atoms with E-state index in [9.17, 15) is 0 Å². The average molecular weight is 270 g/mol. The molecule has 90 valence electrons. The van der Waals surface area contributed by atoms with Gasteiger partial charge in [-0.15, -0.1) is 0 Å². The third kappa shape index (κ3) is 10.9. The van der Waals surface area contributed by atoms with Crippen molar-refractivity contribution in [1.29, 1.82) is 0 Å². The molecule has 0 rings (SSSR count). The van der Waals surface area contributed by atoms with Crippen LogP contribution in [-0.4, -0.2) is 41.9 Å². The van der Waals surface area contributed by atoms with Gasteiger partial charge in [-0.3, -0.25) is 0 Å². The quantitative estimate of drug-likeness (QED) is 0.410. The molecule has 0 aromatic heterocycles. The summed E-state index contributed by atoms with van der Waals surface area (Å²) in [5.74, 6) is 0. The van der Waals surface area contributed by atoms with E-state index in [4.69, 9.17) is 0 Å². The molecule has 0 bridgehead atoms. The van der Waals surface area contributed by atoms with Crippen LogP contribution in [0.5, 0.6) is 0 Å². The number of nitrogens with zero attached hydrogens (tertiary/aromatic N) is 1. The van der Waals surface area contributed by atoms with Crippen molar-refractivity contribution in [3.63, 3.8) is 0 Å². The summed E-state index contributed by atoms with van der Waals surface area (Å²) in [4.78, 5) is 5.90. The van der Waals surface area contributed by atoms with Crippen LogP contribution in [0.3, 0.4) is 0 Å². The van der Waals surface area contributed by atoms with Crippen molar-refractivity contribution in [3.8, 4) is 0 Å². The van der Waals surface area contributed by atoms with E-state index in [2.05, 4.69) is 25.7 Å². The van der Waals surface area contributed by atoms with Gasteiger partial charge in [0.2, 0.25) is 0 Å². The molecule has 0 saturated carbocycles. The number of rotatable bonds is 11. The van der Waals surface area contributed by atoms with Gasteiger partial charge in [-0.1, -0.05) is 0 Å². The van der Waals surface area contributed by atoms with Gasteiger partial charge in [0.25, 0.3) is 0 Å². The second kappa shape index (κ2) is 12.7. The van der Waals surface area contributed by atoms with E-state index in [1.807, 2.05) is 0 Å². The van der Waals surface area contributed by atoms with E-state index in [1.54, 1.807) is 9.95 Å². The normalized spacial score (nSPS) is 10.9. The second-order valence-corrected chi connectivity index (χ2v) is 9.06. The molecule has 0 aromatic carbocycles. The fourth-order valence-corrected chi connectivity index (χ4v) is 5.72. The van der Waals surface area contributed by atoms with Crippen LogP contribution < -0.4 is 0 Å². The molecule has 0 aliphatic rings. The van der Waals surface area contributed by atoms with E-state index in [0.717, 1.165) is 0 Å². The first kappa shape index (κ1) is 15.6. The van der Waals surface area contributed by atoms with Crippen molar-refractivity contribution in [3.05, 3.63) is 0 Å². The van der Waals surface area contributed by atoms with Crippen LogP contribution in [0.4, 0.5) is 0 Å². The summed E-state index contributed by atoms with van der Waals surface area (Å²) in [5.41, 5.74) is 0. The predicted octanol–water partition coefficient (Wildman–Crippen LogP) is 3.57. The molecule has 0 unspecified atom stereocenters. The molecule has 0 N–H and O–H groups in total. The van der Waals surface area contributed by atoms with Crippen LogP contribution in [0.25, 0.3) is 0 Å². The van der Waals surface area contributed by atoms with Crippen LogP contribution in [0.15, 0.2) is 0 Å². The molecule has 0 heterocycles. The van der Waals surface area contributed by atoms with Gasteiger partial charge in [0.1, 0.15) is 0 Å². The Bertz CT molecular complexity index is 111. The van der Waals surface area contributed by atoms with Crippen molar-refractivity contribution in [2.75, 3.05) is 19.6 Å². The Labute approximate surface area is 105 Å². The Morgan fingerprint density at radius 2 is 1.40 bits per heavy atom. The van der Waals surface area contributed by atoms with E-state index in [1.165, 1.54) is 51.7 Å². The molecule has 0 amide bonds. The molecule has 0 atom stereocenters. The molecule has 0 aliphatic heterocycles. The van der Waals surface area contributed by atoms with Gasteiger partial charge in [0.05, 0.1) is 0 Å². The third-order valence-electron chi connectivity index (χ3n) is 2.91. The maximum absolute atomic E-state index is 2.67. The molecule has 15 heavy (non-hydrogen) atoms. The summed E-state index contributed by atoms with van der Waals surface area (Å²) in [6.07, 6.45) is 7.03. The standard InChI is InChI=1S/C8H18N.C5H11.Ga.H/c1-4-7-9(6-3)8-5-2;1-3-5-4-2;;/h3-8H2,1-2H3;1,3-5H2,2H3;;. The summed E-state index contributed by atoms with van der Waals surface area (Å²) in [5, 5.41) is 0. The molecule has 0 aliphatic carbocycles. The van der Waals surface area contributed by atoms with E-state index >= 15 is 0 Å². The van der Waals surface area contributed by atoms with Crippen molar-refractivity contribution >= 4 is 17.4 Å². The summed E-state index contributed by atoms with van der Waals surface area (Å²) >= 11 is -0.134. The van der Waals surface area contributed by atoms with Crippen molar-refractivity contribution < 1.29 is 0 Å². The zero-order valence-corrected chi connectivity index (χ0v) is 14.2. The van der Waals surface area contributed by atoms with E-state index < -0.39 is 0 Å². The van der Waals surface area contributed by atoms with Gasteiger partial charge in [-0.2, -0.15) is 0 Å². The fourth-order valence-electron chi connectivity index (χ4n) is 2.08. The Morgan fingerprint density at radius 1 is 0.733 bits per heavy atom. The first-order valence-electron chi connectivity index (χ1n) is 7.07. The van der Waals surface area contributed by atoms with Gasteiger partial charge in [-0.05, 0) is 0 Å². The van der Waals surface area contributed by atoms with Gasteiger partial charge in [0.15, 0.2) is 0 Å². The van der Waals surface area contributed by atoms with Crippen LogP contribution in [-0.2, 0) is 0 Å². The monoisotopic (exact) mass is 269 g/mol. The van der Waals surface area contributed by atoms with Gasteiger partial charge < -0.3 is 0 Å². The van der Waals surface area contributed by atoms with Crippen LogP contribution >= 0.6 is 0 Å². The molecule has 0 fully saturated rings. The number of hydrogen-bond acceptors (Lipinski definition) is 1. The van der Waals surface area contributed by atoms with Crippen LogP contribution in [0, 0.1) is 0 Å². The van der Waals surface area contributed by atoms with Gasteiger partial charge in [0, 0.05) is 0 Å². The summed E-state index contributed by atoms with van der Waals surface area (Å²) in [6.45, 7) is 11.0. The Morgan fingerprint density at radius 3 is 1.93 bits per heavy atom. The fraction of sp³-hybridized carbons (Fsp3) is 1.00. The average Bonchev–Trinajstić information content (AvgIpc) is 2.24. The first-order valence-corrected chi connectivity index (χ1v) is 11.3. The number of unbranched alkanes of at least 4 members (excludes halogenated alkanes) is 2. The minimum absolute atomic E-state index is 0.134. The van der Waals surface area contributed by atoms with Crippen molar-refractivity contribution in [1.82, 2.24) is 4.90 Å². The Balaban J connectivity index is 3.28. The predicted molar refractivity (Wildman–Crippen MR) is 73.3 cm³/mol. The molecule has 1 nitrogen and oxygen atoms in total. The zero-order valence-electron chi connectivity index (χ0n) is 11.2. The third-order valence-corrected chi connectivity index (χ3v) is 6.72. The van der Waals surface area contributed by atoms with Gasteiger partial charge in [-0.25, -0.2) is 0 Å². The maximum atomic E-state index is 2.67. The first-order chi connectivity index (χ1) is 7.35. The Kier molecular flexibility index (Phi) is 13.2. The van der Waals surface area contributed by atoms with Crippen LogP contribution in [0.1, 0.15) is 52.9 Å². The molecular formula is C13H30GaN. The zero-order chi connectivity index (χ0) is 11.4. The topological polar surface area (TPSA) is 3.24 Å². The number of hydrogen-bond donors (Lipinski definition) is 0. The van der Waals surface area contributed by atoms with Crippen LogP contribution in [0.2, 0.25) is 9.95 Å². The van der Waals surface area contributed by atoms with Crippen molar-refractivity contribution in [2.45, 2.75) is 62.8 Å². The molecule has 2 heteroatoms. The molecular weight excluding hydrogens is 240 g/mol. The molecule has 0 aromatic rings. The summed E-state index contributed by atoms with van der Waals surface area (Å²) < 4.78 is 0. The van der Waals surface area contributed by atoms with E-state index in [0.29, 0.717) is 0 Å². The molecule has 0 spiro atoms. The Hall–Kier alpha value is 0.596. The van der Waals surface area contributed by atoms with Gasteiger partial charge >= 0.3 is 105 Å². The molecule has 0 radical (unpaired) electrons. The summed E-state index contributed by atoms with van der Waals surface area (Å²) in [7, 11) is 0. The van der Waals surface area contributed by atoms with E-state index in [-0.39, 0.29) is 17.4 Å². The minimum atomic E-state index is -0.134. The van der Waals surface area contributed by atoms with Crippen molar-refractivity contribution in [2.24, 2.45) is 0 Å². The summed E-state index contributed by atoms with van der Waals surface area (Å²) in [6, 6.07) is 0. The molecule has 0 saturated heterocycles. The second-order valence-electron chi connectivity index (χ2n) is 4.61.